The van der Waals surface area contributed by atoms with Crippen LogP contribution < -0.4 is 5.32 Å². The summed E-state index contributed by atoms with van der Waals surface area (Å²) in [7, 11) is 0. The molecule has 0 aliphatic rings. The standard InChI is InChI=1S/C9H12N2O3/c12-5-1-3-11-8-6-10-4-2-7(8)9(13)14/h2,4,6,11-12H,1,3,5H2,(H,13,14). The molecule has 0 bridgehead atoms. The normalized spacial score (nSPS) is 9.79. The lowest BCUT2D eigenvalue weighted by atomic mass is 10.2. The molecule has 5 nitrogen and oxygen atoms in total. The molecule has 0 radical (unpaired) electrons. The van der Waals surface area contributed by atoms with Crippen molar-refractivity contribution in [3.05, 3.63) is 24.0 Å². The van der Waals surface area contributed by atoms with E-state index in [1.807, 2.05) is 0 Å². The van der Waals surface area contributed by atoms with Gasteiger partial charge in [-0.3, -0.25) is 4.98 Å². The highest BCUT2D eigenvalue weighted by molar-refractivity contribution is 5.93. The average molecular weight is 196 g/mol. The number of nitrogens with one attached hydrogen (secondary N) is 1. The molecule has 1 aromatic heterocycles. The fourth-order valence-corrected chi connectivity index (χ4v) is 1.02. The van der Waals surface area contributed by atoms with Gasteiger partial charge in [0.15, 0.2) is 0 Å². The van der Waals surface area contributed by atoms with E-state index >= 15 is 0 Å². The number of anilines is 1. The maximum absolute atomic E-state index is 10.7. The van der Waals surface area contributed by atoms with E-state index in [-0.39, 0.29) is 12.2 Å². The number of rotatable bonds is 5. The van der Waals surface area contributed by atoms with E-state index in [2.05, 4.69) is 10.3 Å². The summed E-state index contributed by atoms with van der Waals surface area (Å²) in [6.07, 6.45) is 3.47. The quantitative estimate of drug-likeness (QED) is 0.600. The van der Waals surface area contributed by atoms with Gasteiger partial charge in [-0.25, -0.2) is 4.79 Å². The van der Waals surface area contributed by atoms with Gasteiger partial charge in [0.2, 0.25) is 0 Å². The summed E-state index contributed by atoms with van der Waals surface area (Å²) in [5.74, 6) is -0.987. The van der Waals surface area contributed by atoms with Crippen LogP contribution in [-0.4, -0.2) is 34.3 Å². The van der Waals surface area contributed by atoms with Gasteiger partial charge in [-0.2, -0.15) is 0 Å². The second-order valence-electron chi connectivity index (χ2n) is 2.73. The number of nitrogens with zero attached hydrogens (tertiary/aromatic N) is 1. The van der Waals surface area contributed by atoms with Crippen LogP contribution in [0.2, 0.25) is 0 Å². The van der Waals surface area contributed by atoms with E-state index in [0.717, 1.165) is 0 Å². The first kappa shape index (κ1) is 10.5. The van der Waals surface area contributed by atoms with Gasteiger partial charge in [-0.15, -0.1) is 0 Å². The zero-order valence-corrected chi connectivity index (χ0v) is 7.60. The first-order valence-corrected chi connectivity index (χ1v) is 4.27. The molecule has 0 spiro atoms. The maximum atomic E-state index is 10.7. The average Bonchev–Trinajstić information content (AvgIpc) is 2.19. The Kier molecular flexibility index (Phi) is 3.87. The van der Waals surface area contributed by atoms with Crippen molar-refractivity contribution in [1.82, 2.24) is 4.98 Å². The molecular formula is C9H12N2O3. The molecule has 5 heteroatoms. The Bertz CT molecular complexity index is 315. The summed E-state index contributed by atoms with van der Waals surface area (Å²) < 4.78 is 0. The Hall–Kier alpha value is -1.62. The van der Waals surface area contributed by atoms with E-state index in [1.54, 1.807) is 0 Å². The number of aliphatic hydroxyl groups excluding tert-OH is 1. The molecule has 0 aromatic carbocycles. The molecule has 0 saturated heterocycles. The molecule has 1 aromatic rings. The van der Waals surface area contributed by atoms with Gasteiger partial charge in [0.05, 0.1) is 17.4 Å². The fourth-order valence-electron chi connectivity index (χ4n) is 1.02. The number of hydrogen-bond acceptors (Lipinski definition) is 4. The van der Waals surface area contributed by atoms with Crippen LogP contribution in [0.4, 0.5) is 5.69 Å². The van der Waals surface area contributed by atoms with E-state index in [0.29, 0.717) is 18.7 Å². The Labute approximate surface area is 81.4 Å². The number of pyridine rings is 1. The first-order valence-electron chi connectivity index (χ1n) is 4.27. The number of aliphatic hydroxyl groups is 1. The number of hydrogen-bond donors (Lipinski definition) is 3. The number of carbonyl (C=O) groups is 1. The van der Waals surface area contributed by atoms with Crippen LogP contribution in [0.25, 0.3) is 0 Å². The monoisotopic (exact) mass is 196 g/mol. The van der Waals surface area contributed by atoms with Gasteiger partial charge in [0.25, 0.3) is 0 Å². The predicted octanol–water partition coefficient (Wildman–Crippen LogP) is 0.574. The van der Waals surface area contributed by atoms with Gasteiger partial charge in [0, 0.05) is 19.3 Å². The van der Waals surface area contributed by atoms with E-state index in [1.165, 1.54) is 18.5 Å². The number of carboxylic acid groups (broad SMARTS) is 1. The minimum absolute atomic E-state index is 0.0790. The van der Waals surface area contributed by atoms with Crippen molar-refractivity contribution in [2.45, 2.75) is 6.42 Å². The second kappa shape index (κ2) is 5.18. The zero-order chi connectivity index (χ0) is 10.4. The predicted molar refractivity (Wildman–Crippen MR) is 51.4 cm³/mol. The van der Waals surface area contributed by atoms with E-state index in [4.69, 9.17) is 10.2 Å². The second-order valence-corrected chi connectivity index (χ2v) is 2.73. The number of carboxylic acids is 1. The fraction of sp³-hybridized carbons (Fsp3) is 0.333. The van der Waals surface area contributed by atoms with Crippen molar-refractivity contribution in [3.8, 4) is 0 Å². The van der Waals surface area contributed by atoms with Gasteiger partial charge in [-0.1, -0.05) is 0 Å². The first-order chi connectivity index (χ1) is 6.75. The van der Waals surface area contributed by atoms with Crippen molar-refractivity contribution in [1.29, 1.82) is 0 Å². The summed E-state index contributed by atoms with van der Waals surface area (Å²) in [4.78, 5) is 14.6. The summed E-state index contributed by atoms with van der Waals surface area (Å²) >= 11 is 0. The van der Waals surface area contributed by atoms with Crippen molar-refractivity contribution < 1.29 is 15.0 Å². The molecule has 3 N–H and O–H groups in total. The molecule has 76 valence electrons. The molecule has 1 heterocycles. The Morgan fingerprint density at radius 1 is 1.57 bits per heavy atom. The highest BCUT2D eigenvalue weighted by Crippen LogP contribution is 2.12. The van der Waals surface area contributed by atoms with Gasteiger partial charge in [-0.05, 0) is 12.5 Å². The molecule has 14 heavy (non-hydrogen) atoms. The van der Waals surface area contributed by atoms with Crippen LogP contribution in [0.15, 0.2) is 18.5 Å². The molecule has 0 saturated carbocycles. The molecule has 0 atom stereocenters. The van der Waals surface area contributed by atoms with E-state index < -0.39 is 5.97 Å². The summed E-state index contributed by atoms with van der Waals surface area (Å²) in [5, 5.41) is 20.2. The molecule has 1 rings (SSSR count). The van der Waals surface area contributed by atoms with Gasteiger partial charge in [0.1, 0.15) is 0 Å². The number of aromatic nitrogens is 1. The summed E-state index contributed by atoms with van der Waals surface area (Å²) in [6.45, 7) is 0.609. The van der Waals surface area contributed by atoms with Gasteiger partial charge >= 0.3 is 5.97 Å². The van der Waals surface area contributed by atoms with Crippen molar-refractivity contribution >= 4 is 11.7 Å². The van der Waals surface area contributed by atoms with Crippen LogP contribution in [-0.2, 0) is 0 Å². The minimum Gasteiger partial charge on any atom is -0.478 e. The van der Waals surface area contributed by atoms with Crippen LogP contribution >= 0.6 is 0 Å². The topological polar surface area (TPSA) is 82.5 Å². The van der Waals surface area contributed by atoms with Gasteiger partial charge < -0.3 is 15.5 Å². The molecular weight excluding hydrogens is 184 g/mol. The SMILES string of the molecule is O=C(O)c1ccncc1NCCCO. The van der Waals surface area contributed by atoms with E-state index in [9.17, 15) is 4.79 Å². The maximum Gasteiger partial charge on any atom is 0.337 e. The largest absolute Gasteiger partial charge is 0.478 e. The third-order valence-corrected chi connectivity index (χ3v) is 1.70. The number of aromatic carboxylic acids is 1. The highest BCUT2D eigenvalue weighted by Gasteiger charge is 2.08. The van der Waals surface area contributed by atoms with Crippen molar-refractivity contribution in [2.24, 2.45) is 0 Å². The zero-order valence-electron chi connectivity index (χ0n) is 7.60. The lowest BCUT2D eigenvalue weighted by Gasteiger charge is -2.07. The molecule has 0 fully saturated rings. The molecule has 0 unspecified atom stereocenters. The third kappa shape index (κ3) is 2.70. The highest BCUT2D eigenvalue weighted by atomic mass is 16.4. The third-order valence-electron chi connectivity index (χ3n) is 1.70. The van der Waals surface area contributed by atoms with Crippen LogP contribution in [0, 0.1) is 0 Å². The van der Waals surface area contributed by atoms with Crippen molar-refractivity contribution in [3.63, 3.8) is 0 Å². The molecule has 0 aliphatic heterocycles. The van der Waals surface area contributed by atoms with Crippen LogP contribution in [0.5, 0.6) is 0 Å². The Balaban J connectivity index is 2.69. The summed E-state index contributed by atoms with van der Waals surface area (Å²) in [6, 6.07) is 1.43. The molecule has 0 aliphatic carbocycles. The smallest absolute Gasteiger partial charge is 0.337 e. The van der Waals surface area contributed by atoms with Crippen molar-refractivity contribution in [2.75, 3.05) is 18.5 Å². The lowest BCUT2D eigenvalue weighted by molar-refractivity contribution is 0.0698. The van der Waals surface area contributed by atoms with Crippen LogP contribution in [0.3, 0.4) is 0 Å². The van der Waals surface area contributed by atoms with Crippen LogP contribution in [0.1, 0.15) is 16.8 Å². The molecule has 0 amide bonds. The lowest BCUT2D eigenvalue weighted by Crippen LogP contribution is -2.08. The Morgan fingerprint density at radius 3 is 3.00 bits per heavy atom. The minimum atomic E-state index is -0.987. The Morgan fingerprint density at radius 2 is 2.36 bits per heavy atom. The summed E-state index contributed by atoms with van der Waals surface area (Å²) in [5.41, 5.74) is 0.673.